The number of hydrogen-bond acceptors (Lipinski definition) is 4. The molecule has 5 nitrogen and oxygen atoms in total. The van der Waals surface area contributed by atoms with E-state index in [9.17, 15) is 22.6 Å². The molecule has 0 radical (unpaired) electrons. The maximum atomic E-state index is 13.1. The highest BCUT2D eigenvalue weighted by Crippen LogP contribution is 2.53. The number of halogens is 3. The minimum atomic E-state index is -5.04. The Balaban J connectivity index is 1.80. The fourth-order valence-corrected chi connectivity index (χ4v) is 5.72. The van der Waals surface area contributed by atoms with Gasteiger partial charge in [0.1, 0.15) is 11.5 Å². The molecule has 1 aromatic rings. The number of hydrogen-bond donors (Lipinski definition) is 1. The van der Waals surface area contributed by atoms with Crippen molar-refractivity contribution in [2.24, 2.45) is 11.8 Å². The topological polar surface area (TPSA) is 78.8 Å². The SMILES string of the molecule is O=P([O-])(O)Oc1cccc(C(OCC(F)(F)F)=C2C3CCCC2C2=C(CCCC2)C3)c1. The van der Waals surface area contributed by atoms with E-state index in [2.05, 4.69) is 4.52 Å². The van der Waals surface area contributed by atoms with E-state index in [0.717, 1.165) is 56.9 Å². The van der Waals surface area contributed by atoms with E-state index in [1.165, 1.54) is 29.3 Å². The molecule has 1 N–H and O–H groups in total. The molecule has 0 aliphatic heterocycles. The number of allylic oxidation sites excluding steroid dienone is 3. The normalized spacial score (nSPS) is 27.3. The highest BCUT2D eigenvalue weighted by Gasteiger charge is 2.40. The maximum Gasteiger partial charge on any atom is 0.422 e. The van der Waals surface area contributed by atoms with E-state index in [-0.39, 0.29) is 23.3 Å². The van der Waals surface area contributed by atoms with Gasteiger partial charge in [-0.05, 0) is 68.6 Å². The standard InChI is InChI=1S/C22H26F3O5P/c23-22(24,25)13-29-21(16-7-3-8-17(12-16)30-31(26,27)28)20-15-6-4-10-19(20)18-9-2-1-5-14(18)11-15/h3,7-8,12,15,19H,1-2,4-6,9-11,13H2,(H2,26,27,28)/p-1. The molecule has 31 heavy (non-hydrogen) atoms. The summed E-state index contributed by atoms with van der Waals surface area (Å²) in [6.07, 6.45) is 3.42. The minimum Gasteiger partial charge on any atom is -0.746 e. The first-order valence-electron chi connectivity index (χ1n) is 10.6. The van der Waals surface area contributed by atoms with Crippen LogP contribution in [0.4, 0.5) is 13.2 Å². The van der Waals surface area contributed by atoms with Crippen molar-refractivity contribution in [3.63, 3.8) is 0 Å². The lowest BCUT2D eigenvalue weighted by atomic mass is 9.62. The van der Waals surface area contributed by atoms with Crippen molar-refractivity contribution in [2.75, 3.05) is 6.61 Å². The molecule has 4 rings (SSSR count). The van der Waals surface area contributed by atoms with Gasteiger partial charge in [0, 0.05) is 11.5 Å². The summed E-state index contributed by atoms with van der Waals surface area (Å²) in [5.74, 6) is 0.171. The molecule has 0 aromatic heterocycles. The van der Waals surface area contributed by atoms with Crippen molar-refractivity contribution in [3.05, 3.63) is 46.5 Å². The predicted molar refractivity (Wildman–Crippen MR) is 107 cm³/mol. The van der Waals surface area contributed by atoms with Crippen LogP contribution in [0.5, 0.6) is 5.75 Å². The molecule has 2 bridgehead atoms. The number of alkyl halides is 3. The van der Waals surface area contributed by atoms with E-state index in [1.54, 1.807) is 6.07 Å². The van der Waals surface area contributed by atoms with Crippen LogP contribution in [0.2, 0.25) is 0 Å². The highest BCUT2D eigenvalue weighted by atomic mass is 31.2. The summed E-state index contributed by atoms with van der Waals surface area (Å²) in [6, 6.07) is 5.68. The number of benzene rings is 1. The van der Waals surface area contributed by atoms with Crippen LogP contribution < -0.4 is 9.42 Å². The Hall–Kier alpha value is -1.76. The van der Waals surface area contributed by atoms with E-state index in [0.29, 0.717) is 5.56 Å². The van der Waals surface area contributed by atoms with Gasteiger partial charge in [0.05, 0.1) is 0 Å². The van der Waals surface area contributed by atoms with Crippen LogP contribution in [0.25, 0.3) is 5.76 Å². The third kappa shape index (κ3) is 5.36. The molecule has 0 heterocycles. The van der Waals surface area contributed by atoms with Crippen LogP contribution in [-0.2, 0) is 9.30 Å². The molecule has 9 heteroatoms. The van der Waals surface area contributed by atoms with Crippen molar-refractivity contribution in [2.45, 2.75) is 57.5 Å². The predicted octanol–water partition coefficient (Wildman–Crippen LogP) is 5.51. The zero-order valence-electron chi connectivity index (χ0n) is 17.0. The van der Waals surface area contributed by atoms with E-state index in [1.807, 2.05) is 0 Å². The number of fused-ring (bicyclic) bond motifs is 3. The average Bonchev–Trinajstić information content (AvgIpc) is 2.66. The second kappa shape index (κ2) is 8.64. The van der Waals surface area contributed by atoms with Gasteiger partial charge in [0.15, 0.2) is 6.61 Å². The molecule has 0 saturated heterocycles. The lowest BCUT2D eigenvalue weighted by molar-refractivity contribution is -0.211. The van der Waals surface area contributed by atoms with Gasteiger partial charge in [-0.1, -0.05) is 29.7 Å². The quantitative estimate of drug-likeness (QED) is 0.359. The Morgan fingerprint density at radius 3 is 2.71 bits per heavy atom. The van der Waals surface area contributed by atoms with Crippen molar-refractivity contribution in [3.8, 4) is 5.75 Å². The van der Waals surface area contributed by atoms with Gasteiger partial charge in [-0.3, -0.25) is 4.57 Å². The number of phosphoric acid groups is 1. The van der Waals surface area contributed by atoms with Gasteiger partial charge in [-0.2, -0.15) is 13.2 Å². The Bertz CT molecular complexity index is 947. The summed E-state index contributed by atoms with van der Waals surface area (Å²) >= 11 is 0. The first-order valence-corrected chi connectivity index (χ1v) is 12.1. The van der Waals surface area contributed by atoms with Crippen LogP contribution in [-0.4, -0.2) is 17.7 Å². The minimum absolute atomic E-state index is 0.0686. The number of ether oxygens (including phenoxy) is 1. The summed E-state index contributed by atoms with van der Waals surface area (Å²) in [5.41, 5.74) is 4.03. The van der Waals surface area contributed by atoms with E-state index >= 15 is 0 Å². The lowest BCUT2D eigenvalue weighted by Gasteiger charge is -2.43. The Labute approximate surface area is 179 Å². The molecular weight excluding hydrogens is 432 g/mol. The summed E-state index contributed by atoms with van der Waals surface area (Å²) in [5, 5.41) is 0. The van der Waals surface area contributed by atoms with Crippen LogP contribution >= 0.6 is 7.82 Å². The molecule has 170 valence electrons. The van der Waals surface area contributed by atoms with Gasteiger partial charge in [0.25, 0.3) is 0 Å². The van der Waals surface area contributed by atoms with Crippen molar-refractivity contribution < 1.29 is 36.8 Å². The van der Waals surface area contributed by atoms with Gasteiger partial charge in [-0.25, -0.2) is 0 Å². The Kier molecular flexibility index (Phi) is 6.25. The van der Waals surface area contributed by atoms with Crippen molar-refractivity contribution in [1.82, 2.24) is 0 Å². The fraction of sp³-hybridized carbons (Fsp3) is 0.545. The van der Waals surface area contributed by atoms with E-state index in [4.69, 9.17) is 9.63 Å². The Morgan fingerprint density at radius 1 is 1.19 bits per heavy atom. The molecule has 0 spiro atoms. The third-order valence-electron chi connectivity index (χ3n) is 6.36. The second-order valence-corrected chi connectivity index (χ2v) is 9.62. The molecule has 1 fully saturated rings. The fourth-order valence-electron chi connectivity index (χ4n) is 5.34. The molecule has 1 aromatic carbocycles. The first kappa shape index (κ1) is 22.4. The molecule has 3 atom stereocenters. The smallest absolute Gasteiger partial charge is 0.422 e. The number of phosphoric ester groups is 1. The summed E-state index contributed by atoms with van der Waals surface area (Å²) in [6.45, 7) is -1.43. The average molecular weight is 457 g/mol. The molecule has 3 unspecified atom stereocenters. The molecule has 3 aliphatic rings. The van der Waals surface area contributed by atoms with Gasteiger partial charge < -0.3 is 19.0 Å². The zero-order valence-corrected chi connectivity index (χ0v) is 17.9. The van der Waals surface area contributed by atoms with Crippen molar-refractivity contribution >= 4 is 13.6 Å². The second-order valence-electron chi connectivity index (χ2n) is 8.50. The van der Waals surface area contributed by atoms with Crippen LogP contribution in [0.3, 0.4) is 0 Å². The molecule has 1 saturated carbocycles. The van der Waals surface area contributed by atoms with Gasteiger partial charge in [-0.15, -0.1) is 0 Å². The molecule has 0 amide bonds. The monoisotopic (exact) mass is 457 g/mol. The largest absolute Gasteiger partial charge is 0.746 e. The first-order chi connectivity index (χ1) is 14.6. The highest BCUT2D eigenvalue weighted by molar-refractivity contribution is 7.45. The van der Waals surface area contributed by atoms with Crippen LogP contribution in [0.1, 0.15) is 56.9 Å². The third-order valence-corrected chi connectivity index (χ3v) is 6.80. The van der Waals surface area contributed by atoms with Crippen molar-refractivity contribution in [1.29, 1.82) is 0 Å². The zero-order chi connectivity index (χ0) is 22.2. The molecule has 3 aliphatic carbocycles. The lowest BCUT2D eigenvalue weighted by Crippen LogP contribution is -2.30. The van der Waals surface area contributed by atoms with Crippen LogP contribution in [0, 0.1) is 11.8 Å². The number of rotatable bonds is 5. The summed E-state index contributed by atoms with van der Waals surface area (Å²) in [7, 11) is -5.04. The van der Waals surface area contributed by atoms with Gasteiger partial charge >= 0.3 is 14.0 Å². The molecular formula is C22H25F3O5P-. The van der Waals surface area contributed by atoms with Crippen LogP contribution in [0.15, 0.2) is 41.0 Å². The maximum absolute atomic E-state index is 13.1. The summed E-state index contributed by atoms with van der Waals surface area (Å²) < 4.78 is 60.3. The van der Waals surface area contributed by atoms with E-state index < -0.39 is 20.6 Å². The summed E-state index contributed by atoms with van der Waals surface area (Å²) in [4.78, 5) is 20.1. The Morgan fingerprint density at radius 2 is 1.97 bits per heavy atom. The van der Waals surface area contributed by atoms with Gasteiger partial charge in [0.2, 0.25) is 0 Å².